The second-order valence-corrected chi connectivity index (χ2v) is 7.73. The molecule has 0 radical (unpaired) electrons. The third kappa shape index (κ3) is 6.15. The van der Waals surface area contributed by atoms with Crippen LogP contribution in [-0.4, -0.2) is 61.7 Å². The molecule has 1 atom stereocenters. The molecular weight excluding hydrogens is 394 g/mol. The van der Waals surface area contributed by atoms with Crippen molar-refractivity contribution >= 4 is 17.9 Å². The van der Waals surface area contributed by atoms with Gasteiger partial charge in [-0.1, -0.05) is 30.7 Å². The van der Waals surface area contributed by atoms with Crippen LogP contribution in [0.5, 0.6) is 6.01 Å². The zero-order chi connectivity index (χ0) is 22.1. The highest BCUT2D eigenvalue weighted by molar-refractivity contribution is 5.80. The summed E-state index contributed by atoms with van der Waals surface area (Å²) in [6.45, 7) is 5.78. The number of hydrogen-bond acceptors (Lipinski definition) is 7. The molecule has 1 saturated heterocycles. The van der Waals surface area contributed by atoms with Crippen LogP contribution in [0.25, 0.3) is 0 Å². The number of methoxy groups -OCH3 is 1. The molecular formula is C23H33N5O3. The molecule has 1 unspecified atom stereocenters. The molecule has 1 fully saturated rings. The molecule has 168 valence electrons. The molecule has 1 N–H and O–H groups in total. The lowest BCUT2D eigenvalue weighted by molar-refractivity contribution is -0.107. The summed E-state index contributed by atoms with van der Waals surface area (Å²) < 4.78 is 10.5. The minimum Gasteiger partial charge on any atom is -0.461 e. The lowest BCUT2D eigenvalue weighted by Gasteiger charge is -2.32. The number of nitrogens with one attached hydrogen (secondary N) is 1. The van der Waals surface area contributed by atoms with Gasteiger partial charge < -0.3 is 14.8 Å². The minimum absolute atomic E-state index is 0.212. The summed E-state index contributed by atoms with van der Waals surface area (Å²) >= 11 is 0. The lowest BCUT2D eigenvalue weighted by atomic mass is 10.0. The van der Waals surface area contributed by atoms with Crippen LogP contribution in [0.3, 0.4) is 0 Å². The van der Waals surface area contributed by atoms with Crippen molar-refractivity contribution < 1.29 is 14.3 Å². The number of hydrogen-bond donors (Lipinski definition) is 1. The third-order valence-electron chi connectivity index (χ3n) is 5.69. The van der Waals surface area contributed by atoms with E-state index in [0.29, 0.717) is 37.3 Å². The summed E-state index contributed by atoms with van der Waals surface area (Å²) in [7, 11) is 3.37. The van der Waals surface area contributed by atoms with Crippen LogP contribution in [0.1, 0.15) is 43.4 Å². The molecule has 1 aliphatic rings. The van der Waals surface area contributed by atoms with E-state index in [1.807, 2.05) is 0 Å². The Morgan fingerprint density at radius 1 is 1.19 bits per heavy atom. The largest absolute Gasteiger partial charge is 0.461 e. The number of carbonyl (C=O) groups is 1. The molecule has 0 spiro atoms. The molecule has 3 rings (SSSR count). The van der Waals surface area contributed by atoms with Crippen LogP contribution in [0.15, 0.2) is 30.5 Å². The highest BCUT2D eigenvalue weighted by Gasteiger charge is 2.19. The van der Waals surface area contributed by atoms with Gasteiger partial charge in [0.2, 0.25) is 6.41 Å². The highest BCUT2D eigenvalue weighted by atomic mass is 16.5. The average molecular weight is 428 g/mol. The molecule has 1 aliphatic heterocycles. The van der Waals surface area contributed by atoms with Crippen molar-refractivity contribution in [3.63, 3.8) is 0 Å². The van der Waals surface area contributed by atoms with E-state index in [0.717, 1.165) is 25.1 Å². The van der Waals surface area contributed by atoms with Crippen LogP contribution in [-0.2, 0) is 16.1 Å². The van der Waals surface area contributed by atoms with Gasteiger partial charge in [0.25, 0.3) is 0 Å². The Labute approximate surface area is 184 Å². The summed E-state index contributed by atoms with van der Waals surface area (Å²) in [5.74, 6) is 0.477. The molecule has 0 bridgehead atoms. The molecule has 8 nitrogen and oxygen atoms in total. The number of carbonyl (C=O) groups excluding carboxylic acids is 1. The summed E-state index contributed by atoms with van der Waals surface area (Å²) in [6.07, 6.45) is 6.29. The first-order valence-corrected chi connectivity index (χ1v) is 10.9. The van der Waals surface area contributed by atoms with Crippen molar-refractivity contribution in [1.29, 1.82) is 0 Å². The van der Waals surface area contributed by atoms with Gasteiger partial charge in [-0.3, -0.25) is 14.6 Å². The Morgan fingerprint density at radius 3 is 2.58 bits per heavy atom. The molecule has 2 aromatic rings. The smallest absolute Gasteiger partial charge is 0.318 e. The van der Waals surface area contributed by atoms with Crippen molar-refractivity contribution in [2.45, 2.75) is 38.8 Å². The molecule has 31 heavy (non-hydrogen) atoms. The van der Waals surface area contributed by atoms with Crippen molar-refractivity contribution in [2.75, 3.05) is 50.7 Å². The Balaban J connectivity index is 1.71. The van der Waals surface area contributed by atoms with E-state index >= 15 is 0 Å². The first-order chi connectivity index (χ1) is 15.2. The van der Waals surface area contributed by atoms with Gasteiger partial charge in [-0.2, -0.15) is 4.98 Å². The van der Waals surface area contributed by atoms with Gasteiger partial charge in [-0.05, 0) is 44.0 Å². The topological polar surface area (TPSA) is 79.8 Å². The minimum atomic E-state index is 0.212. The fourth-order valence-electron chi connectivity index (χ4n) is 3.82. The van der Waals surface area contributed by atoms with Crippen LogP contribution in [0.2, 0.25) is 0 Å². The number of likely N-dealkylation sites (tertiary alicyclic amines) is 1. The SMILES string of the molecule is CNc1cnc(OCCOC)nc1N(C=O)Cc1ccc(C(C)N2CCCCC2)cc1. The first kappa shape index (κ1) is 23.0. The van der Waals surface area contributed by atoms with E-state index in [9.17, 15) is 4.79 Å². The second kappa shape index (κ2) is 11.6. The Morgan fingerprint density at radius 2 is 1.94 bits per heavy atom. The molecule has 1 aromatic carbocycles. The number of piperidine rings is 1. The fourth-order valence-corrected chi connectivity index (χ4v) is 3.82. The highest BCUT2D eigenvalue weighted by Crippen LogP contribution is 2.27. The summed E-state index contributed by atoms with van der Waals surface area (Å²) in [5.41, 5.74) is 2.99. The fraction of sp³-hybridized carbons (Fsp3) is 0.522. The number of amides is 1. The van der Waals surface area contributed by atoms with Crippen molar-refractivity contribution in [3.8, 4) is 6.01 Å². The second-order valence-electron chi connectivity index (χ2n) is 7.73. The lowest BCUT2D eigenvalue weighted by Crippen LogP contribution is -2.32. The third-order valence-corrected chi connectivity index (χ3v) is 5.69. The number of nitrogens with zero attached hydrogens (tertiary/aromatic N) is 4. The van der Waals surface area contributed by atoms with Crippen LogP contribution < -0.4 is 15.0 Å². The maximum Gasteiger partial charge on any atom is 0.318 e. The number of anilines is 2. The Hall–Kier alpha value is -2.71. The number of benzene rings is 1. The number of rotatable bonds is 11. The van der Waals surface area contributed by atoms with Crippen LogP contribution in [0.4, 0.5) is 11.5 Å². The van der Waals surface area contributed by atoms with Gasteiger partial charge in [0.15, 0.2) is 5.82 Å². The van der Waals surface area contributed by atoms with Gasteiger partial charge in [-0.15, -0.1) is 0 Å². The van der Waals surface area contributed by atoms with Gasteiger partial charge >= 0.3 is 6.01 Å². The first-order valence-electron chi connectivity index (χ1n) is 10.9. The van der Waals surface area contributed by atoms with Gasteiger partial charge in [0.05, 0.1) is 25.0 Å². The normalized spacial score (nSPS) is 15.3. The van der Waals surface area contributed by atoms with E-state index in [1.54, 1.807) is 25.3 Å². The van der Waals surface area contributed by atoms with E-state index in [2.05, 4.69) is 51.4 Å². The van der Waals surface area contributed by atoms with Gasteiger partial charge in [0, 0.05) is 20.2 Å². The average Bonchev–Trinajstić information content (AvgIpc) is 2.83. The quantitative estimate of drug-likeness (QED) is 0.435. The van der Waals surface area contributed by atoms with E-state index in [4.69, 9.17) is 9.47 Å². The van der Waals surface area contributed by atoms with Gasteiger partial charge in [-0.25, -0.2) is 4.98 Å². The van der Waals surface area contributed by atoms with Crippen LogP contribution in [0, 0.1) is 0 Å². The predicted molar refractivity (Wildman–Crippen MR) is 121 cm³/mol. The van der Waals surface area contributed by atoms with Crippen molar-refractivity contribution in [2.24, 2.45) is 0 Å². The molecule has 0 aliphatic carbocycles. The van der Waals surface area contributed by atoms with Gasteiger partial charge in [0.1, 0.15) is 6.61 Å². The molecule has 1 aromatic heterocycles. The maximum atomic E-state index is 11.9. The van der Waals surface area contributed by atoms with Crippen LogP contribution >= 0.6 is 0 Å². The van der Waals surface area contributed by atoms with E-state index < -0.39 is 0 Å². The number of aromatic nitrogens is 2. The monoisotopic (exact) mass is 427 g/mol. The summed E-state index contributed by atoms with van der Waals surface area (Å²) in [6, 6.07) is 9.11. The van der Waals surface area contributed by atoms with Crippen molar-refractivity contribution in [3.05, 3.63) is 41.6 Å². The summed E-state index contributed by atoms with van der Waals surface area (Å²) in [4.78, 5) is 24.6. The zero-order valence-corrected chi connectivity index (χ0v) is 18.7. The van der Waals surface area contributed by atoms with E-state index in [-0.39, 0.29) is 6.01 Å². The molecule has 2 heterocycles. The van der Waals surface area contributed by atoms with Crippen molar-refractivity contribution in [1.82, 2.24) is 14.9 Å². The Bertz CT molecular complexity index is 824. The maximum absolute atomic E-state index is 11.9. The predicted octanol–water partition coefficient (Wildman–Crippen LogP) is 3.25. The van der Waals surface area contributed by atoms with E-state index in [1.165, 1.54) is 24.8 Å². The molecule has 1 amide bonds. The standard InChI is InChI=1S/C23H33N5O3/c1-18(27-11-5-4-6-12-27)20-9-7-19(8-10-20)16-28(17-29)22-21(24-2)15-25-23(26-22)31-14-13-30-3/h7-10,15,17-18,24H,4-6,11-14,16H2,1-3H3. The number of ether oxygens (including phenoxy) is 2. The summed E-state index contributed by atoms with van der Waals surface area (Å²) in [5, 5.41) is 3.04. The molecule has 0 saturated carbocycles. The Kier molecular flexibility index (Phi) is 8.61. The zero-order valence-electron chi connectivity index (χ0n) is 18.7. The molecule has 8 heteroatoms.